The van der Waals surface area contributed by atoms with Crippen LogP contribution in [0.1, 0.15) is 109 Å². The number of benzene rings is 2. The summed E-state index contributed by atoms with van der Waals surface area (Å²) in [5, 5.41) is 19.2. The van der Waals surface area contributed by atoms with E-state index in [1.54, 1.807) is 50.6 Å². The average molecular weight is 853 g/mol. The van der Waals surface area contributed by atoms with Gasteiger partial charge in [0, 0.05) is 25.8 Å². The first-order chi connectivity index (χ1) is 28.0. The van der Waals surface area contributed by atoms with Crippen LogP contribution in [0.3, 0.4) is 0 Å². The first-order valence-corrected chi connectivity index (χ1v) is 21.2. The number of primary amides is 1. The molecule has 328 valence electrons. The quantitative estimate of drug-likeness (QED) is 0.111. The van der Waals surface area contributed by atoms with Crippen LogP contribution in [0, 0.1) is 25.1 Å². The topological polar surface area (TPSA) is 202 Å². The maximum absolute atomic E-state index is 15.7. The molecule has 3 aromatic rings. The number of alkyl carbamates (subject to hydrolysis) is 1. The highest BCUT2D eigenvalue weighted by molar-refractivity contribution is 7.13. The van der Waals surface area contributed by atoms with E-state index in [1.165, 1.54) is 11.0 Å². The first kappa shape index (κ1) is 47.6. The fourth-order valence-electron chi connectivity index (χ4n) is 6.96. The molecule has 0 bridgehead atoms. The maximum atomic E-state index is 15.7. The number of nitrogens with two attached hydrogens (primary N) is 1. The van der Waals surface area contributed by atoms with Crippen molar-refractivity contribution in [2.75, 3.05) is 13.2 Å². The van der Waals surface area contributed by atoms with Crippen LogP contribution in [0.25, 0.3) is 10.4 Å². The Kier molecular flexibility index (Phi) is 16.2. The molecule has 6 N–H and O–H groups in total. The highest BCUT2D eigenvalue weighted by atomic mass is 32.1. The van der Waals surface area contributed by atoms with Crippen LogP contribution >= 0.6 is 11.3 Å². The van der Waals surface area contributed by atoms with Crippen molar-refractivity contribution in [1.29, 1.82) is 0 Å². The van der Waals surface area contributed by atoms with E-state index in [9.17, 15) is 29.1 Å². The van der Waals surface area contributed by atoms with Crippen molar-refractivity contribution in [3.05, 3.63) is 70.1 Å². The summed E-state index contributed by atoms with van der Waals surface area (Å²) in [6, 6.07) is 8.00. The summed E-state index contributed by atoms with van der Waals surface area (Å²) in [4.78, 5) is 71.8. The molecule has 2 heterocycles. The van der Waals surface area contributed by atoms with E-state index in [-0.39, 0.29) is 63.5 Å². The fourth-order valence-corrected chi connectivity index (χ4v) is 7.77. The molecule has 1 unspecified atom stereocenters. The van der Waals surface area contributed by atoms with E-state index >= 15 is 4.39 Å². The molecule has 5 atom stereocenters. The summed E-state index contributed by atoms with van der Waals surface area (Å²) < 4.78 is 26.9. The molecule has 16 heteroatoms. The molecule has 1 aliphatic rings. The van der Waals surface area contributed by atoms with Gasteiger partial charge in [-0.2, -0.15) is 0 Å². The number of aliphatic hydroxyl groups excluding tert-OH is 1. The molecular formula is C44H61FN6O8S. The molecular weight excluding hydrogens is 792 g/mol. The lowest BCUT2D eigenvalue weighted by molar-refractivity contribution is -0.144. The van der Waals surface area contributed by atoms with Gasteiger partial charge in [-0.3, -0.25) is 19.2 Å². The van der Waals surface area contributed by atoms with Gasteiger partial charge in [-0.25, -0.2) is 14.2 Å². The van der Waals surface area contributed by atoms with Gasteiger partial charge in [-0.1, -0.05) is 51.1 Å². The Morgan fingerprint density at radius 1 is 1.02 bits per heavy atom. The maximum Gasteiger partial charge on any atom is 0.407 e. The number of nitrogens with one attached hydrogen (secondary N) is 3. The van der Waals surface area contributed by atoms with Crippen molar-refractivity contribution < 1.29 is 42.9 Å². The lowest BCUT2D eigenvalue weighted by Gasteiger charge is -2.35. The second kappa shape index (κ2) is 20.4. The number of aryl methyl sites for hydroxylation is 3. The summed E-state index contributed by atoms with van der Waals surface area (Å²) >= 11 is 1.56. The van der Waals surface area contributed by atoms with Gasteiger partial charge in [-0.05, 0) is 94.5 Å². The van der Waals surface area contributed by atoms with Crippen LogP contribution in [0.15, 0.2) is 41.9 Å². The van der Waals surface area contributed by atoms with Crippen molar-refractivity contribution >= 4 is 41.1 Å². The van der Waals surface area contributed by atoms with Gasteiger partial charge in [0.1, 0.15) is 24.3 Å². The molecule has 0 radical (unpaired) electrons. The van der Waals surface area contributed by atoms with Crippen molar-refractivity contribution in [2.24, 2.45) is 11.1 Å². The fraction of sp³-hybridized carbons (Fsp3) is 0.545. The number of halogens is 1. The Hall–Kier alpha value is -5.09. The monoisotopic (exact) mass is 852 g/mol. The van der Waals surface area contributed by atoms with E-state index in [4.69, 9.17) is 15.2 Å². The number of thiazole rings is 1. The molecule has 4 rings (SSSR count). The number of hydrogen-bond donors (Lipinski definition) is 5. The van der Waals surface area contributed by atoms with Gasteiger partial charge in [0.15, 0.2) is 11.6 Å². The largest absolute Gasteiger partial charge is 0.488 e. The Labute approximate surface area is 356 Å². The van der Waals surface area contributed by atoms with Crippen LogP contribution in [0.4, 0.5) is 9.18 Å². The second-order valence-corrected chi connectivity index (χ2v) is 18.5. The number of amides is 5. The predicted octanol–water partition coefficient (Wildman–Crippen LogP) is 5.80. The van der Waals surface area contributed by atoms with Gasteiger partial charge in [0.05, 0.1) is 34.3 Å². The summed E-state index contributed by atoms with van der Waals surface area (Å²) in [6.45, 7) is 15.9. The van der Waals surface area contributed by atoms with Crippen LogP contribution in [-0.4, -0.2) is 87.7 Å². The highest BCUT2D eigenvalue weighted by Gasteiger charge is 2.44. The SMILES string of the molecule is Cc1cc(CCCC(=O)NC(C(=O)N2C[C@H](O)C[C@H]2C(=O)N[C@@H](C)c2ccc(-c3scnc3C)cc2)C(C)(C)C)c(F)c(OC[C@H](CCC(N)=O)NC(=O)OC(C)(C)C)c1. The molecule has 1 saturated heterocycles. The van der Waals surface area contributed by atoms with Crippen LogP contribution in [-0.2, 0) is 30.3 Å². The molecule has 5 amide bonds. The van der Waals surface area contributed by atoms with Crippen molar-refractivity contribution in [3.8, 4) is 16.2 Å². The van der Waals surface area contributed by atoms with E-state index in [2.05, 4.69) is 20.9 Å². The zero-order chi connectivity index (χ0) is 44.5. The number of carbonyl (C=O) groups is 5. The third kappa shape index (κ3) is 13.7. The Balaban J connectivity index is 1.36. The van der Waals surface area contributed by atoms with Gasteiger partial charge in [-0.15, -0.1) is 11.3 Å². The van der Waals surface area contributed by atoms with Gasteiger partial charge in [0.25, 0.3) is 0 Å². The van der Waals surface area contributed by atoms with E-state index < -0.39 is 70.8 Å². The average Bonchev–Trinajstić information content (AvgIpc) is 3.76. The molecule has 1 aliphatic heterocycles. The summed E-state index contributed by atoms with van der Waals surface area (Å²) in [5.41, 5.74) is 9.47. The van der Waals surface area contributed by atoms with Crippen LogP contribution < -0.4 is 26.4 Å². The van der Waals surface area contributed by atoms with Gasteiger partial charge in [0.2, 0.25) is 23.6 Å². The Morgan fingerprint density at radius 3 is 2.30 bits per heavy atom. The number of aliphatic hydroxyl groups is 1. The Morgan fingerprint density at radius 2 is 1.70 bits per heavy atom. The smallest absolute Gasteiger partial charge is 0.407 e. The minimum atomic E-state index is -1.02. The predicted molar refractivity (Wildman–Crippen MR) is 228 cm³/mol. The molecule has 1 aromatic heterocycles. The number of aromatic nitrogens is 1. The zero-order valence-corrected chi connectivity index (χ0v) is 37.0. The third-order valence-corrected chi connectivity index (χ3v) is 11.0. The minimum absolute atomic E-state index is 0.0240. The number of β-amino-alcohol motifs (C(OH)–C–C–N with tert-alkyl or cyclic N) is 1. The minimum Gasteiger partial charge on any atom is -0.488 e. The number of hydrogen-bond acceptors (Lipinski definition) is 10. The van der Waals surface area contributed by atoms with Crippen molar-refractivity contribution in [2.45, 2.75) is 137 Å². The number of likely N-dealkylation sites (tertiary alicyclic amines) is 1. The number of ether oxygens (including phenoxy) is 2. The van der Waals surface area contributed by atoms with Gasteiger partial charge < -0.3 is 41.2 Å². The van der Waals surface area contributed by atoms with Crippen LogP contribution in [0.5, 0.6) is 5.75 Å². The Bertz CT molecular complexity index is 1990. The molecule has 0 aliphatic carbocycles. The standard InChI is InChI=1S/C44H61FN6O8S/c1-25-19-30(37(45)34(20-25)58-23-31(17-18-35(46)53)49-42(57)59-44(7,8)9)11-10-12-36(54)50-39(43(4,5)6)41(56)51-22-32(52)21-33(51)40(55)48-26(2)28-13-15-29(16-14-28)38-27(3)47-24-60-38/h13-16,19-20,24,26,31-33,39,52H,10-12,17-18,21-23H2,1-9H3,(H2,46,53)(H,48,55)(H,49,57)(H,50,54)/t26-,31-,32+,33-,39?/m0/s1. The normalized spacial score (nSPS) is 17.0. The summed E-state index contributed by atoms with van der Waals surface area (Å²) in [7, 11) is 0. The van der Waals surface area contributed by atoms with Gasteiger partial charge >= 0.3 is 6.09 Å². The molecule has 60 heavy (non-hydrogen) atoms. The molecule has 2 aromatic carbocycles. The highest BCUT2D eigenvalue weighted by Crippen LogP contribution is 2.30. The zero-order valence-electron chi connectivity index (χ0n) is 36.1. The molecule has 14 nitrogen and oxygen atoms in total. The first-order valence-electron chi connectivity index (χ1n) is 20.3. The third-order valence-electron chi connectivity index (χ3n) is 10.1. The second-order valence-electron chi connectivity index (χ2n) is 17.6. The number of nitrogens with zero attached hydrogens (tertiary/aromatic N) is 2. The lowest BCUT2D eigenvalue weighted by atomic mass is 9.85. The lowest BCUT2D eigenvalue weighted by Crippen LogP contribution is -2.57. The molecule has 0 spiro atoms. The molecule has 1 fully saturated rings. The van der Waals surface area contributed by atoms with Crippen molar-refractivity contribution in [1.82, 2.24) is 25.8 Å². The summed E-state index contributed by atoms with van der Waals surface area (Å²) in [5.74, 6) is -2.55. The van der Waals surface area contributed by atoms with E-state index in [0.29, 0.717) is 11.1 Å². The van der Waals surface area contributed by atoms with Crippen molar-refractivity contribution in [3.63, 3.8) is 0 Å². The van der Waals surface area contributed by atoms with Crippen LogP contribution in [0.2, 0.25) is 0 Å². The number of rotatable bonds is 17. The molecule has 0 saturated carbocycles. The van der Waals surface area contributed by atoms with E-state index in [0.717, 1.165) is 21.7 Å². The number of carbonyl (C=O) groups excluding carboxylic acids is 5. The summed E-state index contributed by atoms with van der Waals surface area (Å²) in [6.07, 6.45) is -1.06. The van der Waals surface area contributed by atoms with E-state index in [1.807, 2.05) is 58.9 Å².